The first-order chi connectivity index (χ1) is 7.83. The number of rotatable bonds is 5. The number of benzene rings is 1. The summed E-state index contributed by atoms with van der Waals surface area (Å²) in [4.78, 5) is 10.5. The number of aliphatic carboxylic acids is 1. The lowest BCUT2D eigenvalue weighted by molar-refractivity contribution is -0.137. The van der Waals surface area contributed by atoms with E-state index in [4.69, 9.17) is 5.11 Å². The molecule has 0 aliphatic rings. The zero-order valence-electron chi connectivity index (χ0n) is 10.1. The van der Waals surface area contributed by atoms with Gasteiger partial charge in [0.05, 0.1) is 0 Å². The number of carbonyl (C=O) groups is 1. The van der Waals surface area contributed by atoms with Crippen molar-refractivity contribution in [2.75, 3.05) is 0 Å². The van der Waals surface area contributed by atoms with Crippen LogP contribution in [0.25, 0.3) is 0 Å². The van der Waals surface area contributed by atoms with Gasteiger partial charge in [-0.05, 0) is 36.5 Å². The van der Waals surface area contributed by atoms with E-state index in [0.29, 0.717) is 18.4 Å². The Morgan fingerprint density at radius 1 is 1.29 bits per heavy atom. The minimum Gasteiger partial charge on any atom is -0.508 e. The first kappa shape index (κ1) is 13.4. The monoisotopic (exact) mass is 238 g/mol. The first-order valence-electron chi connectivity index (χ1n) is 5.57. The second kappa shape index (κ2) is 5.08. The molecule has 4 nitrogen and oxygen atoms in total. The standard InChI is InChI=1S/C13H18O4/c1-13(2,7-3-4-12(16)17)10-8-9(14)5-6-11(10)15/h5-6,8,14-15H,3-4,7H2,1-2H3,(H,16,17). The third kappa shape index (κ3) is 3.66. The predicted octanol–water partition coefficient (Wildman–Crippen LogP) is 2.63. The Balaban J connectivity index is 2.81. The van der Waals surface area contributed by atoms with Gasteiger partial charge in [-0.2, -0.15) is 0 Å². The van der Waals surface area contributed by atoms with E-state index >= 15 is 0 Å². The van der Waals surface area contributed by atoms with Crippen molar-refractivity contribution < 1.29 is 20.1 Å². The van der Waals surface area contributed by atoms with Crippen LogP contribution in [0, 0.1) is 0 Å². The molecule has 3 N–H and O–H groups in total. The molecule has 0 amide bonds. The smallest absolute Gasteiger partial charge is 0.303 e. The van der Waals surface area contributed by atoms with Crippen molar-refractivity contribution >= 4 is 5.97 Å². The van der Waals surface area contributed by atoms with Crippen molar-refractivity contribution in [1.29, 1.82) is 0 Å². The second-order valence-corrected chi connectivity index (χ2v) is 4.83. The van der Waals surface area contributed by atoms with Crippen LogP contribution in [0.4, 0.5) is 0 Å². The summed E-state index contributed by atoms with van der Waals surface area (Å²) < 4.78 is 0. The van der Waals surface area contributed by atoms with Crippen molar-refractivity contribution in [3.05, 3.63) is 23.8 Å². The van der Waals surface area contributed by atoms with Crippen molar-refractivity contribution in [2.24, 2.45) is 0 Å². The normalized spacial score (nSPS) is 11.4. The van der Waals surface area contributed by atoms with Gasteiger partial charge in [0, 0.05) is 12.0 Å². The van der Waals surface area contributed by atoms with Gasteiger partial charge in [-0.15, -0.1) is 0 Å². The molecule has 0 saturated carbocycles. The highest BCUT2D eigenvalue weighted by molar-refractivity contribution is 5.66. The van der Waals surface area contributed by atoms with Crippen LogP contribution in [-0.4, -0.2) is 21.3 Å². The molecule has 0 heterocycles. The minimum absolute atomic E-state index is 0.101. The molecule has 0 aromatic heterocycles. The Morgan fingerprint density at radius 3 is 2.53 bits per heavy atom. The number of carboxylic acids is 1. The highest BCUT2D eigenvalue weighted by Gasteiger charge is 2.24. The van der Waals surface area contributed by atoms with Crippen LogP contribution in [0.1, 0.15) is 38.7 Å². The van der Waals surface area contributed by atoms with Crippen molar-refractivity contribution in [2.45, 2.75) is 38.5 Å². The van der Waals surface area contributed by atoms with Crippen LogP contribution >= 0.6 is 0 Å². The van der Waals surface area contributed by atoms with Crippen LogP contribution < -0.4 is 0 Å². The van der Waals surface area contributed by atoms with Crippen LogP contribution in [0.3, 0.4) is 0 Å². The average molecular weight is 238 g/mol. The Hall–Kier alpha value is -1.71. The molecule has 0 atom stereocenters. The van der Waals surface area contributed by atoms with Crippen LogP contribution in [0.2, 0.25) is 0 Å². The molecule has 1 aromatic rings. The molecule has 17 heavy (non-hydrogen) atoms. The molecular weight excluding hydrogens is 220 g/mol. The van der Waals surface area contributed by atoms with Crippen molar-refractivity contribution in [3.8, 4) is 11.5 Å². The van der Waals surface area contributed by atoms with Gasteiger partial charge in [0.25, 0.3) is 0 Å². The molecule has 4 heteroatoms. The zero-order valence-corrected chi connectivity index (χ0v) is 10.1. The second-order valence-electron chi connectivity index (χ2n) is 4.83. The van der Waals surface area contributed by atoms with Crippen LogP contribution in [-0.2, 0) is 10.2 Å². The van der Waals surface area contributed by atoms with Crippen LogP contribution in [0.5, 0.6) is 11.5 Å². The summed E-state index contributed by atoms with van der Waals surface area (Å²) in [6.07, 6.45) is 1.29. The topological polar surface area (TPSA) is 77.8 Å². The number of phenols is 2. The van der Waals surface area contributed by atoms with Crippen LogP contribution in [0.15, 0.2) is 18.2 Å². The number of aromatic hydroxyl groups is 2. The summed E-state index contributed by atoms with van der Waals surface area (Å²) in [5.41, 5.74) is 0.279. The molecule has 0 unspecified atom stereocenters. The van der Waals surface area contributed by atoms with Gasteiger partial charge in [0.15, 0.2) is 0 Å². The fraction of sp³-hybridized carbons (Fsp3) is 0.462. The molecule has 1 rings (SSSR count). The summed E-state index contributed by atoms with van der Waals surface area (Å²) >= 11 is 0. The van der Waals surface area contributed by atoms with Crippen molar-refractivity contribution in [1.82, 2.24) is 0 Å². The molecule has 0 fully saturated rings. The third-order valence-electron chi connectivity index (χ3n) is 2.90. The maximum Gasteiger partial charge on any atom is 0.303 e. The maximum absolute atomic E-state index is 10.5. The van der Waals surface area contributed by atoms with Gasteiger partial charge in [-0.25, -0.2) is 0 Å². The fourth-order valence-corrected chi connectivity index (χ4v) is 1.88. The summed E-state index contributed by atoms with van der Waals surface area (Å²) in [5, 5.41) is 27.8. The minimum atomic E-state index is -0.819. The number of carboxylic acid groups (broad SMARTS) is 1. The number of hydrogen-bond acceptors (Lipinski definition) is 3. The Bertz CT molecular complexity index is 410. The predicted molar refractivity (Wildman–Crippen MR) is 64.3 cm³/mol. The van der Waals surface area contributed by atoms with Gasteiger partial charge in [0.2, 0.25) is 0 Å². The Labute approximate surface area is 101 Å². The molecule has 1 aromatic carbocycles. The first-order valence-corrected chi connectivity index (χ1v) is 5.57. The molecule has 0 bridgehead atoms. The Kier molecular flexibility index (Phi) is 3.99. The van der Waals surface area contributed by atoms with E-state index in [2.05, 4.69) is 0 Å². The fourth-order valence-electron chi connectivity index (χ4n) is 1.88. The van der Waals surface area contributed by atoms with Crippen molar-refractivity contribution in [3.63, 3.8) is 0 Å². The maximum atomic E-state index is 10.5. The highest BCUT2D eigenvalue weighted by Crippen LogP contribution is 2.36. The van der Waals surface area contributed by atoms with E-state index < -0.39 is 5.97 Å². The number of phenolic OH excluding ortho intramolecular Hbond substituents is 2. The summed E-state index contributed by atoms with van der Waals surface area (Å²) in [7, 11) is 0. The van der Waals surface area contributed by atoms with Gasteiger partial charge >= 0.3 is 5.97 Å². The van der Waals surface area contributed by atoms with Gasteiger partial charge < -0.3 is 15.3 Å². The SMILES string of the molecule is CC(C)(CCCC(=O)O)c1cc(O)ccc1O. The van der Waals surface area contributed by atoms with E-state index in [1.165, 1.54) is 18.2 Å². The Morgan fingerprint density at radius 2 is 1.94 bits per heavy atom. The van der Waals surface area contributed by atoms with E-state index in [9.17, 15) is 15.0 Å². The molecular formula is C13H18O4. The average Bonchev–Trinajstić information content (AvgIpc) is 2.20. The quantitative estimate of drug-likeness (QED) is 0.689. The summed E-state index contributed by atoms with van der Waals surface area (Å²) in [6, 6.07) is 4.39. The van der Waals surface area contributed by atoms with E-state index in [1.807, 2.05) is 13.8 Å². The summed E-state index contributed by atoms with van der Waals surface area (Å²) in [6.45, 7) is 3.84. The largest absolute Gasteiger partial charge is 0.508 e. The third-order valence-corrected chi connectivity index (χ3v) is 2.90. The van der Waals surface area contributed by atoms with Gasteiger partial charge in [0.1, 0.15) is 11.5 Å². The number of hydrogen-bond donors (Lipinski definition) is 3. The molecule has 0 saturated heterocycles. The van der Waals surface area contributed by atoms with E-state index in [-0.39, 0.29) is 23.3 Å². The lowest BCUT2D eigenvalue weighted by atomic mass is 9.79. The molecule has 0 aliphatic carbocycles. The van der Waals surface area contributed by atoms with E-state index in [1.54, 1.807) is 0 Å². The molecule has 94 valence electrons. The van der Waals surface area contributed by atoms with Gasteiger partial charge in [-0.1, -0.05) is 13.8 Å². The lowest BCUT2D eigenvalue weighted by Gasteiger charge is -2.26. The molecule has 0 spiro atoms. The van der Waals surface area contributed by atoms with Gasteiger partial charge in [-0.3, -0.25) is 4.79 Å². The zero-order chi connectivity index (χ0) is 13.1. The van der Waals surface area contributed by atoms with E-state index in [0.717, 1.165) is 0 Å². The highest BCUT2D eigenvalue weighted by atomic mass is 16.4. The summed E-state index contributed by atoms with van der Waals surface area (Å²) in [5.74, 6) is -0.590. The molecule has 0 aliphatic heterocycles. The lowest BCUT2D eigenvalue weighted by Crippen LogP contribution is -2.17. The molecule has 0 radical (unpaired) electrons.